The minimum Gasteiger partial charge on any atom is -0.481 e. The first-order valence-corrected chi connectivity index (χ1v) is 12.3. The van der Waals surface area contributed by atoms with Crippen molar-refractivity contribution in [2.75, 3.05) is 5.32 Å². The summed E-state index contributed by atoms with van der Waals surface area (Å²) in [5.74, 6) is -0.810. The van der Waals surface area contributed by atoms with Gasteiger partial charge in [-0.1, -0.05) is 72.8 Å². The van der Waals surface area contributed by atoms with Gasteiger partial charge in [0.15, 0.2) is 0 Å². The van der Waals surface area contributed by atoms with Crippen LogP contribution in [0.1, 0.15) is 39.2 Å². The van der Waals surface area contributed by atoms with Gasteiger partial charge in [-0.3, -0.25) is 10.1 Å². The van der Waals surface area contributed by atoms with E-state index in [2.05, 4.69) is 35.6 Å². The zero-order chi connectivity index (χ0) is 23.8. The normalized spacial score (nSPS) is 10.9. The molecule has 0 saturated carbocycles. The van der Waals surface area contributed by atoms with E-state index < -0.39 is 25.6 Å². The van der Waals surface area contributed by atoms with Gasteiger partial charge in [0.1, 0.15) is 5.60 Å². The SMILES string of the molecule is CC(C)(C)OC(=O)Nc1cc(CCCC(=O)O)ccc1P(c1ccccc1)c1ccccc1.I. The molecule has 3 aromatic rings. The van der Waals surface area contributed by atoms with Crippen LogP contribution in [-0.2, 0) is 16.0 Å². The number of aryl methyl sites for hydroxylation is 1. The maximum absolute atomic E-state index is 12.7. The first-order chi connectivity index (χ1) is 15.7. The number of carbonyl (C=O) groups is 2. The molecule has 34 heavy (non-hydrogen) atoms. The highest BCUT2D eigenvalue weighted by molar-refractivity contribution is 14.0. The zero-order valence-electron chi connectivity index (χ0n) is 19.7. The summed E-state index contributed by atoms with van der Waals surface area (Å²) in [4.78, 5) is 23.6. The lowest BCUT2D eigenvalue weighted by Gasteiger charge is -2.24. The number of carbonyl (C=O) groups excluding carboxylic acids is 1. The molecule has 5 nitrogen and oxygen atoms in total. The van der Waals surface area contributed by atoms with E-state index in [9.17, 15) is 9.59 Å². The van der Waals surface area contributed by atoms with Crippen LogP contribution in [0.25, 0.3) is 0 Å². The summed E-state index contributed by atoms with van der Waals surface area (Å²) in [6.07, 6.45) is 0.747. The lowest BCUT2D eigenvalue weighted by molar-refractivity contribution is -0.137. The molecule has 3 aromatic carbocycles. The van der Waals surface area contributed by atoms with Crippen molar-refractivity contribution in [3.05, 3.63) is 84.4 Å². The number of benzene rings is 3. The molecule has 0 atom stereocenters. The van der Waals surface area contributed by atoms with Crippen molar-refractivity contribution in [1.82, 2.24) is 0 Å². The Kier molecular flexibility index (Phi) is 10.5. The molecule has 0 unspecified atom stereocenters. The van der Waals surface area contributed by atoms with E-state index in [-0.39, 0.29) is 30.4 Å². The molecule has 1 amide bonds. The molecule has 2 N–H and O–H groups in total. The Balaban J connectivity index is 0.00000408. The number of hydrogen-bond donors (Lipinski definition) is 2. The van der Waals surface area contributed by atoms with Gasteiger partial charge in [0, 0.05) is 11.7 Å². The Labute approximate surface area is 219 Å². The molecule has 7 heteroatoms. The smallest absolute Gasteiger partial charge is 0.412 e. The summed E-state index contributed by atoms with van der Waals surface area (Å²) in [5, 5.41) is 15.3. The van der Waals surface area contributed by atoms with Gasteiger partial charge in [-0.25, -0.2) is 4.79 Å². The zero-order valence-corrected chi connectivity index (χ0v) is 22.9. The average Bonchev–Trinajstić information content (AvgIpc) is 2.75. The van der Waals surface area contributed by atoms with Crippen LogP contribution in [0.3, 0.4) is 0 Å². The topological polar surface area (TPSA) is 75.6 Å². The number of hydrogen-bond acceptors (Lipinski definition) is 3. The highest BCUT2D eigenvalue weighted by Gasteiger charge is 2.23. The van der Waals surface area contributed by atoms with Crippen molar-refractivity contribution in [2.45, 2.75) is 45.6 Å². The van der Waals surface area contributed by atoms with E-state index >= 15 is 0 Å². The summed E-state index contributed by atoms with van der Waals surface area (Å²) < 4.78 is 5.52. The van der Waals surface area contributed by atoms with Crippen LogP contribution in [0.4, 0.5) is 10.5 Å². The number of amides is 1. The van der Waals surface area contributed by atoms with E-state index in [1.807, 2.05) is 69.3 Å². The second-order valence-corrected chi connectivity index (χ2v) is 10.9. The summed E-state index contributed by atoms with van der Waals surface area (Å²) in [7, 11) is -0.930. The van der Waals surface area contributed by atoms with E-state index in [1.54, 1.807) is 0 Å². The summed E-state index contributed by atoms with van der Waals surface area (Å²) >= 11 is 0. The highest BCUT2D eigenvalue weighted by Crippen LogP contribution is 2.36. The summed E-state index contributed by atoms with van der Waals surface area (Å²) in [6.45, 7) is 5.49. The quantitative estimate of drug-likeness (QED) is 0.256. The van der Waals surface area contributed by atoms with Crippen molar-refractivity contribution in [3.63, 3.8) is 0 Å². The summed E-state index contributed by atoms with van der Waals surface area (Å²) in [5.41, 5.74) is 1.05. The number of ether oxygens (including phenoxy) is 1. The van der Waals surface area contributed by atoms with Crippen molar-refractivity contribution in [1.29, 1.82) is 0 Å². The summed E-state index contributed by atoms with van der Waals surface area (Å²) in [6, 6.07) is 26.5. The van der Waals surface area contributed by atoms with Crippen molar-refractivity contribution >= 4 is 65.6 Å². The third kappa shape index (κ3) is 8.41. The maximum atomic E-state index is 12.7. The van der Waals surface area contributed by atoms with Gasteiger partial charge in [-0.15, -0.1) is 24.0 Å². The van der Waals surface area contributed by atoms with Crippen LogP contribution in [-0.4, -0.2) is 22.8 Å². The van der Waals surface area contributed by atoms with E-state index in [0.717, 1.165) is 10.9 Å². The van der Waals surface area contributed by atoms with Gasteiger partial charge < -0.3 is 9.84 Å². The van der Waals surface area contributed by atoms with E-state index in [4.69, 9.17) is 9.84 Å². The molecular weight excluding hydrogens is 560 g/mol. The van der Waals surface area contributed by atoms with Crippen LogP contribution in [0.15, 0.2) is 78.9 Å². The molecule has 0 aliphatic rings. The Morgan fingerprint density at radius 1 is 0.912 bits per heavy atom. The van der Waals surface area contributed by atoms with Crippen LogP contribution in [0, 0.1) is 0 Å². The second kappa shape index (κ2) is 12.9. The number of anilines is 1. The third-order valence-electron chi connectivity index (χ3n) is 4.82. The Morgan fingerprint density at radius 2 is 1.47 bits per heavy atom. The first-order valence-electron chi connectivity index (χ1n) is 11.0. The minimum absolute atomic E-state index is 0. The molecule has 0 fully saturated rings. The molecule has 0 aliphatic carbocycles. The predicted octanol–water partition coefficient (Wildman–Crippen LogP) is 5.82. The van der Waals surface area contributed by atoms with Crippen LogP contribution in [0.2, 0.25) is 0 Å². The molecule has 0 aromatic heterocycles. The largest absolute Gasteiger partial charge is 0.481 e. The van der Waals surface area contributed by atoms with Crippen molar-refractivity contribution < 1.29 is 19.4 Å². The third-order valence-corrected chi connectivity index (χ3v) is 7.32. The number of nitrogens with one attached hydrogen (secondary N) is 1. The standard InChI is InChI=1S/C27H30NO4P.HI/c1-27(2,3)32-26(31)28-23-19-20(11-10-16-25(29)30)17-18-24(23)33(21-12-6-4-7-13-21)22-14-8-5-9-15-22;/h4-9,12-15,17-19H,10-11,16H2,1-3H3,(H,28,31)(H,29,30);1H. The minimum atomic E-state index is -0.930. The Hall–Kier alpha value is -2.44. The molecule has 180 valence electrons. The van der Waals surface area contributed by atoms with Gasteiger partial charge >= 0.3 is 12.1 Å². The average molecular weight is 591 g/mol. The van der Waals surface area contributed by atoms with E-state index in [1.165, 1.54) is 10.6 Å². The fourth-order valence-corrected chi connectivity index (χ4v) is 5.85. The van der Waals surface area contributed by atoms with Crippen LogP contribution < -0.4 is 21.2 Å². The molecule has 3 rings (SSSR count). The van der Waals surface area contributed by atoms with Gasteiger partial charge in [0.2, 0.25) is 0 Å². The molecule has 0 radical (unpaired) electrons. The molecule has 0 aliphatic heterocycles. The molecular formula is C27H31INO4P. The van der Waals surface area contributed by atoms with Gasteiger partial charge in [-0.05, 0) is 63.8 Å². The Morgan fingerprint density at radius 3 is 1.97 bits per heavy atom. The Bertz CT molecular complexity index is 1050. The monoisotopic (exact) mass is 591 g/mol. The lowest BCUT2D eigenvalue weighted by Crippen LogP contribution is -2.30. The van der Waals surface area contributed by atoms with Gasteiger partial charge in [-0.2, -0.15) is 0 Å². The fourth-order valence-electron chi connectivity index (χ4n) is 3.47. The second-order valence-electron chi connectivity index (χ2n) is 8.73. The maximum Gasteiger partial charge on any atom is 0.412 e. The molecule has 0 bridgehead atoms. The first kappa shape index (κ1) is 27.8. The molecule has 0 saturated heterocycles. The van der Waals surface area contributed by atoms with Gasteiger partial charge in [0.05, 0.1) is 5.69 Å². The van der Waals surface area contributed by atoms with Crippen molar-refractivity contribution in [2.24, 2.45) is 0 Å². The van der Waals surface area contributed by atoms with Gasteiger partial charge in [0.25, 0.3) is 0 Å². The number of rotatable bonds is 8. The predicted molar refractivity (Wildman–Crippen MR) is 151 cm³/mol. The lowest BCUT2D eigenvalue weighted by atomic mass is 10.1. The number of carboxylic acids is 1. The highest BCUT2D eigenvalue weighted by atomic mass is 127. The number of aliphatic carboxylic acids is 1. The van der Waals surface area contributed by atoms with E-state index in [0.29, 0.717) is 18.5 Å². The molecule has 0 spiro atoms. The van der Waals surface area contributed by atoms with Crippen LogP contribution in [0.5, 0.6) is 0 Å². The van der Waals surface area contributed by atoms with Crippen LogP contribution >= 0.6 is 31.9 Å². The number of carboxylic acid groups (broad SMARTS) is 1. The fraction of sp³-hybridized carbons (Fsp3) is 0.259. The van der Waals surface area contributed by atoms with Crippen molar-refractivity contribution in [3.8, 4) is 0 Å². The number of halogens is 1. The molecule has 0 heterocycles.